The van der Waals surface area contributed by atoms with Gasteiger partial charge in [-0.1, -0.05) is 69.4 Å². The summed E-state index contributed by atoms with van der Waals surface area (Å²) >= 11 is 0. The van der Waals surface area contributed by atoms with E-state index in [-0.39, 0.29) is 0 Å². The van der Waals surface area contributed by atoms with E-state index < -0.39 is 0 Å². The van der Waals surface area contributed by atoms with Crippen molar-refractivity contribution in [2.75, 3.05) is 13.1 Å². The minimum Gasteiger partial charge on any atom is -0.317 e. The molecule has 1 nitrogen and oxygen atoms in total. The van der Waals surface area contributed by atoms with Gasteiger partial charge in [0.1, 0.15) is 0 Å². The molecule has 0 bridgehead atoms. The molecule has 0 fully saturated rings. The lowest BCUT2D eigenvalue weighted by molar-refractivity contribution is 0.426. The minimum atomic E-state index is 0.791. The molecule has 0 saturated carbocycles. The SMILES string of the molecule is CCCCCCC(CNCC)Cc1ccc(C)cc1. The van der Waals surface area contributed by atoms with Crippen molar-refractivity contribution in [3.05, 3.63) is 35.4 Å². The predicted octanol–water partition coefficient (Wildman–Crippen LogP) is 4.73. The molecule has 0 radical (unpaired) electrons. The summed E-state index contributed by atoms with van der Waals surface area (Å²) in [5.74, 6) is 0.791. The fraction of sp³-hybridized carbons (Fsp3) is 0.667. The second-order valence-electron chi connectivity index (χ2n) is 5.71. The summed E-state index contributed by atoms with van der Waals surface area (Å²) in [7, 11) is 0. The summed E-state index contributed by atoms with van der Waals surface area (Å²) < 4.78 is 0. The van der Waals surface area contributed by atoms with E-state index in [9.17, 15) is 0 Å². The van der Waals surface area contributed by atoms with Crippen LogP contribution in [0.25, 0.3) is 0 Å². The Morgan fingerprint density at radius 1 is 1.00 bits per heavy atom. The smallest absolute Gasteiger partial charge is 0.00175 e. The first-order valence-electron chi connectivity index (χ1n) is 8.02. The Bertz CT molecular complexity index is 315. The average molecular weight is 261 g/mol. The van der Waals surface area contributed by atoms with Gasteiger partial charge in [0.05, 0.1) is 0 Å². The van der Waals surface area contributed by atoms with Gasteiger partial charge in [0, 0.05) is 0 Å². The molecule has 0 amide bonds. The van der Waals surface area contributed by atoms with Gasteiger partial charge in [-0.25, -0.2) is 0 Å². The highest BCUT2D eigenvalue weighted by atomic mass is 14.8. The highest BCUT2D eigenvalue weighted by Gasteiger charge is 2.09. The molecular formula is C18H31N. The lowest BCUT2D eigenvalue weighted by Gasteiger charge is -2.17. The van der Waals surface area contributed by atoms with Crippen LogP contribution in [-0.2, 0) is 6.42 Å². The Labute approximate surface area is 119 Å². The van der Waals surface area contributed by atoms with Crippen LogP contribution >= 0.6 is 0 Å². The van der Waals surface area contributed by atoms with Crippen molar-refractivity contribution >= 4 is 0 Å². The molecule has 1 aromatic carbocycles. The number of unbranched alkanes of at least 4 members (excludes halogenated alkanes) is 3. The summed E-state index contributed by atoms with van der Waals surface area (Å²) in [6, 6.07) is 9.05. The second-order valence-corrected chi connectivity index (χ2v) is 5.71. The van der Waals surface area contributed by atoms with E-state index in [0.717, 1.165) is 19.0 Å². The average Bonchev–Trinajstić information content (AvgIpc) is 2.43. The Balaban J connectivity index is 2.41. The molecule has 1 rings (SSSR count). The number of benzene rings is 1. The molecule has 108 valence electrons. The minimum absolute atomic E-state index is 0.791. The van der Waals surface area contributed by atoms with Crippen molar-refractivity contribution in [1.29, 1.82) is 0 Å². The van der Waals surface area contributed by atoms with Crippen molar-refractivity contribution in [2.24, 2.45) is 5.92 Å². The molecule has 1 N–H and O–H groups in total. The molecule has 0 aromatic heterocycles. The van der Waals surface area contributed by atoms with Gasteiger partial charge in [0.15, 0.2) is 0 Å². The zero-order valence-corrected chi connectivity index (χ0v) is 13.0. The predicted molar refractivity (Wildman–Crippen MR) is 85.7 cm³/mol. The molecule has 0 spiro atoms. The highest BCUT2D eigenvalue weighted by Crippen LogP contribution is 2.16. The monoisotopic (exact) mass is 261 g/mol. The maximum Gasteiger partial charge on any atom is -0.00175 e. The summed E-state index contributed by atoms with van der Waals surface area (Å²) in [4.78, 5) is 0. The quantitative estimate of drug-likeness (QED) is 0.600. The van der Waals surface area contributed by atoms with Gasteiger partial charge in [-0.15, -0.1) is 0 Å². The van der Waals surface area contributed by atoms with Gasteiger partial charge in [0.25, 0.3) is 0 Å². The number of hydrogen-bond donors (Lipinski definition) is 1. The molecule has 0 heterocycles. The molecular weight excluding hydrogens is 230 g/mol. The van der Waals surface area contributed by atoms with Crippen LogP contribution in [0.2, 0.25) is 0 Å². The van der Waals surface area contributed by atoms with Crippen LogP contribution in [0.1, 0.15) is 57.1 Å². The van der Waals surface area contributed by atoms with Crippen LogP contribution in [0.3, 0.4) is 0 Å². The van der Waals surface area contributed by atoms with E-state index in [2.05, 4.69) is 50.4 Å². The Hall–Kier alpha value is -0.820. The second kappa shape index (κ2) is 10.0. The van der Waals surface area contributed by atoms with Crippen LogP contribution < -0.4 is 5.32 Å². The van der Waals surface area contributed by atoms with Gasteiger partial charge in [-0.05, 0) is 44.3 Å². The van der Waals surface area contributed by atoms with Gasteiger partial charge in [-0.2, -0.15) is 0 Å². The van der Waals surface area contributed by atoms with E-state index in [1.165, 1.54) is 49.7 Å². The van der Waals surface area contributed by atoms with E-state index in [1.807, 2.05) is 0 Å². The highest BCUT2D eigenvalue weighted by molar-refractivity contribution is 5.21. The van der Waals surface area contributed by atoms with Crippen LogP contribution in [0.5, 0.6) is 0 Å². The molecule has 19 heavy (non-hydrogen) atoms. The maximum atomic E-state index is 3.52. The van der Waals surface area contributed by atoms with Crippen LogP contribution in [0.15, 0.2) is 24.3 Å². The third-order valence-electron chi connectivity index (χ3n) is 3.79. The Morgan fingerprint density at radius 2 is 1.74 bits per heavy atom. The first kappa shape index (κ1) is 16.2. The fourth-order valence-electron chi connectivity index (χ4n) is 2.54. The first-order valence-corrected chi connectivity index (χ1v) is 8.02. The van der Waals surface area contributed by atoms with Crippen LogP contribution in [-0.4, -0.2) is 13.1 Å². The number of nitrogens with one attached hydrogen (secondary N) is 1. The number of aryl methyl sites for hydroxylation is 1. The standard InChI is InChI=1S/C18H31N/c1-4-6-7-8-9-18(15-19-5-2)14-17-12-10-16(3)11-13-17/h10-13,18-19H,4-9,14-15H2,1-3H3. The van der Waals surface area contributed by atoms with Crippen molar-refractivity contribution in [3.63, 3.8) is 0 Å². The Morgan fingerprint density at radius 3 is 2.37 bits per heavy atom. The molecule has 1 heteroatoms. The van der Waals surface area contributed by atoms with Crippen molar-refractivity contribution in [2.45, 2.75) is 59.3 Å². The third-order valence-corrected chi connectivity index (χ3v) is 3.79. The van der Waals surface area contributed by atoms with Crippen molar-refractivity contribution in [3.8, 4) is 0 Å². The molecule has 0 aliphatic heterocycles. The molecule has 0 saturated heterocycles. The van der Waals surface area contributed by atoms with Crippen LogP contribution in [0.4, 0.5) is 0 Å². The normalized spacial score (nSPS) is 12.6. The zero-order valence-electron chi connectivity index (χ0n) is 13.0. The zero-order chi connectivity index (χ0) is 13.9. The van der Waals surface area contributed by atoms with Crippen molar-refractivity contribution < 1.29 is 0 Å². The maximum absolute atomic E-state index is 3.52. The summed E-state index contributed by atoms with van der Waals surface area (Å²) in [6.45, 7) is 8.88. The van der Waals surface area contributed by atoms with Crippen molar-refractivity contribution in [1.82, 2.24) is 5.32 Å². The Kier molecular flexibility index (Phi) is 8.57. The number of hydrogen-bond acceptors (Lipinski definition) is 1. The lowest BCUT2D eigenvalue weighted by atomic mass is 9.93. The van der Waals surface area contributed by atoms with E-state index in [4.69, 9.17) is 0 Å². The van der Waals surface area contributed by atoms with E-state index in [1.54, 1.807) is 0 Å². The van der Waals surface area contributed by atoms with Gasteiger partial charge in [-0.3, -0.25) is 0 Å². The molecule has 1 unspecified atom stereocenters. The van der Waals surface area contributed by atoms with E-state index in [0.29, 0.717) is 0 Å². The molecule has 0 aliphatic rings. The summed E-state index contributed by atoms with van der Waals surface area (Å²) in [6.07, 6.45) is 8.08. The van der Waals surface area contributed by atoms with Gasteiger partial charge >= 0.3 is 0 Å². The molecule has 1 aromatic rings. The largest absolute Gasteiger partial charge is 0.317 e. The fourth-order valence-corrected chi connectivity index (χ4v) is 2.54. The molecule has 1 atom stereocenters. The third kappa shape index (κ3) is 7.37. The lowest BCUT2D eigenvalue weighted by Crippen LogP contribution is -2.24. The van der Waals surface area contributed by atoms with Gasteiger partial charge in [0.2, 0.25) is 0 Å². The first-order chi connectivity index (χ1) is 9.26. The van der Waals surface area contributed by atoms with E-state index >= 15 is 0 Å². The van der Waals surface area contributed by atoms with Gasteiger partial charge < -0.3 is 5.32 Å². The topological polar surface area (TPSA) is 12.0 Å². The summed E-state index contributed by atoms with van der Waals surface area (Å²) in [5.41, 5.74) is 2.85. The number of rotatable bonds is 10. The van der Waals surface area contributed by atoms with Crippen LogP contribution in [0, 0.1) is 12.8 Å². The summed E-state index contributed by atoms with van der Waals surface area (Å²) in [5, 5.41) is 3.52. The molecule has 0 aliphatic carbocycles.